The van der Waals surface area contributed by atoms with Gasteiger partial charge in [0, 0.05) is 49.9 Å². The number of carbonyl (C=O) groups excluding carboxylic acids is 1. The second-order valence-electron chi connectivity index (χ2n) is 7.63. The van der Waals surface area contributed by atoms with Crippen LogP contribution >= 0.6 is 0 Å². The van der Waals surface area contributed by atoms with E-state index in [0.29, 0.717) is 18.2 Å². The number of anilines is 1. The Balaban J connectivity index is 1.38. The number of nitrogens with zero attached hydrogens (tertiary/aromatic N) is 4. The Morgan fingerprint density at radius 2 is 2.11 bits per heavy atom. The number of carbonyl (C=O) groups is 1. The quantitative estimate of drug-likeness (QED) is 0.771. The van der Waals surface area contributed by atoms with Crippen LogP contribution in [0, 0.1) is 0 Å². The van der Waals surface area contributed by atoms with E-state index >= 15 is 0 Å². The Bertz CT molecular complexity index is 826. The molecular formula is C22H28N4O2. The maximum atomic E-state index is 12.3. The van der Waals surface area contributed by atoms with Crippen molar-refractivity contribution in [1.82, 2.24) is 14.9 Å². The molecule has 4 heterocycles. The predicted octanol–water partition coefficient (Wildman–Crippen LogP) is 3.03. The number of hydrogen-bond acceptors (Lipinski definition) is 5. The van der Waals surface area contributed by atoms with Gasteiger partial charge in [-0.3, -0.25) is 9.69 Å². The molecule has 0 aliphatic carbocycles. The molecule has 0 aromatic carbocycles. The summed E-state index contributed by atoms with van der Waals surface area (Å²) in [4.78, 5) is 25.8. The first kappa shape index (κ1) is 18.9. The molecule has 2 saturated heterocycles. The highest BCUT2D eigenvalue weighted by Gasteiger charge is 2.26. The zero-order valence-electron chi connectivity index (χ0n) is 16.5. The lowest BCUT2D eigenvalue weighted by Gasteiger charge is -2.28. The summed E-state index contributed by atoms with van der Waals surface area (Å²) in [7, 11) is 1.66. The SMILES string of the molecule is COc1cccc(C2CCN(CCc3cccnc3N3CCCCC3=O)C2)n1. The fourth-order valence-corrected chi connectivity index (χ4v) is 4.23. The van der Waals surface area contributed by atoms with Crippen molar-refractivity contribution < 1.29 is 9.53 Å². The summed E-state index contributed by atoms with van der Waals surface area (Å²) in [6.45, 7) is 3.84. The van der Waals surface area contributed by atoms with E-state index in [9.17, 15) is 4.79 Å². The third-order valence-corrected chi connectivity index (χ3v) is 5.79. The van der Waals surface area contributed by atoms with Crippen LogP contribution in [0.3, 0.4) is 0 Å². The molecular weight excluding hydrogens is 352 g/mol. The lowest BCUT2D eigenvalue weighted by Crippen LogP contribution is -2.36. The van der Waals surface area contributed by atoms with Crippen LogP contribution in [0.5, 0.6) is 5.88 Å². The molecule has 28 heavy (non-hydrogen) atoms. The topological polar surface area (TPSA) is 58.6 Å². The zero-order valence-corrected chi connectivity index (χ0v) is 16.5. The van der Waals surface area contributed by atoms with E-state index in [1.807, 2.05) is 23.1 Å². The molecule has 2 aromatic heterocycles. The predicted molar refractivity (Wildman–Crippen MR) is 109 cm³/mol. The van der Waals surface area contributed by atoms with Gasteiger partial charge in [0.1, 0.15) is 5.82 Å². The van der Waals surface area contributed by atoms with Crippen LogP contribution in [0.2, 0.25) is 0 Å². The normalized spacial score (nSPS) is 20.5. The van der Waals surface area contributed by atoms with E-state index in [1.54, 1.807) is 13.3 Å². The van der Waals surface area contributed by atoms with E-state index < -0.39 is 0 Å². The molecule has 2 fully saturated rings. The van der Waals surface area contributed by atoms with Gasteiger partial charge >= 0.3 is 0 Å². The first-order chi connectivity index (χ1) is 13.7. The van der Waals surface area contributed by atoms with Crippen LogP contribution in [0.15, 0.2) is 36.5 Å². The van der Waals surface area contributed by atoms with E-state index in [2.05, 4.69) is 27.0 Å². The van der Waals surface area contributed by atoms with Crippen LogP contribution in [-0.4, -0.2) is 54.1 Å². The molecule has 2 aromatic rings. The van der Waals surface area contributed by atoms with Crippen molar-refractivity contribution in [2.75, 3.05) is 38.2 Å². The molecule has 148 valence electrons. The van der Waals surface area contributed by atoms with E-state index in [4.69, 9.17) is 4.74 Å². The van der Waals surface area contributed by atoms with Gasteiger partial charge in [-0.2, -0.15) is 0 Å². The number of rotatable bonds is 6. The van der Waals surface area contributed by atoms with Crippen molar-refractivity contribution in [2.45, 2.75) is 38.0 Å². The lowest BCUT2D eigenvalue weighted by molar-refractivity contribution is -0.119. The molecule has 2 aliphatic heterocycles. The summed E-state index contributed by atoms with van der Waals surface area (Å²) < 4.78 is 5.26. The number of piperidine rings is 1. The smallest absolute Gasteiger partial charge is 0.228 e. The summed E-state index contributed by atoms with van der Waals surface area (Å²) in [5, 5.41) is 0. The summed E-state index contributed by atoms with van der Waals surface area (Å²) in [6.07, 6.45) is 6.50. The molecule has 0 bridgehead atoms. The lowest BCUT2D eigenvalue weighted by atomic mass is 10.0. The average molecular weight is 380 g/mol. The minimum absolute atomic E-state index is 0.205. The molecule has 1 atom stereocenters. The number of likely N-dealkylation sites (tertiary alicyclic amines) is 1. The molecule has 6 nitrogen and oxygen atoms in total. The summed E-state index contributed by atoms with van der Waals surface area (Å²) in [5.41, 5.74) is 2.28. The first-order valence-electron chi connectivity index (χ1n) is 10.2. The monoisotopic (exact) mass is 380 g/mol. The maximum absolute atomic E-state index is 12.3. The molecule has 0 saturated carbocycles. The van der Waals surface area contributed by atoms with Crippen molar-refractivity contribution in [3.63, 3.8) is 0 Å². The number of pyridine rings is 2. The highest BCUT2D eigenvalue weighted by atomic mass is 16.5. The third-order valence-electron chi connectivity index (χ3n) is 5.79. The average Bonchev–Trinajstić information content (AvgIpc) is 3.22. The van der Waals surface area contributed by atoms with Gasteiger partial charge in [-0.15, -0.1) is 0 Å². The van der Waals surface area contributed by atoms with Crippen molar-refractivity contribution in [2.24, 2.45) is 0 Å². The van der Waals surface area contributed by atoms with Gasteiger partial charge < -0.3 is 9.64 Å². The first-order valence-corrected chi connectivity index (χ1v) is 10.2. The largest absolute Gasteiger partial charge is 0.481 e. The van der Waals surface area contributed by atoms with Crippen molar-refractivity contribution in [1.29, 1.82) is 0 Å². The van der Waals surface area contributed by atoms with Crippen LogP contribution in [0.25, 0.3) is 0 Å². The highest BCUT2D eigenvalue weighted by Crippen LogP contribution is 2.28. The molecule has 1 unspecified atom stereocenters. The molecule has 6 heteroatoms. The van der Waals surface area contributed by atoms with Gasteiger partial charge in [0.05, 0.1) is 7.11 Å². The summed E-state index contributed by atoms with van der Waals surface area (Å²) in [5.74, 6) is 2.20. The second kappa shape index (κ2) is 8.69. The molecule has 2 aliphatic rings. The minimum Gasteiger partial charge on any atom is -0.481 e. The number of hydrogen-bond donors (Lipinski definition) is 0. The maximum Gasteiger partial charge on any atom is 0.228 e. The van der Waals surface area contributed by atoms with E-state index in [-0.39, 0.29) is 5.91 Å². The van der Waals surface area contributed by atoms with Gasteiger partial charge in [-0.25, -0.2) is 9.97 Å². The number of ether oxygens (including phenoxy) is 1. The molecule has 4 rings (SSSR count). The standard InChI is InChI=1S/C22H28N4O2/c1-28-20-8-4-7-19(24-20)18-11-15-25(16-18)14-10-17-6-5-12-23-22(17)26-13-3-2-9-21(26)27/h4-8,12,18H,2-3,9-11,13-16H2,1H3. The number of amides is 1. The van der Waals surface area contributed by atoms with Gasteiger partial charge in [-0.1, -0.05) is 12.1 Å². The number of aromatic nitrogens is 2. The molecule has 0 radical (unpaired) electrons. The van der Waals surface area contributed by atoms with Gasteiger partial charge in [0.25, 0.3) is 0 Å². The van der Waals surface area contributed by atoms with Crippen LogP contribution in [-0.2, 0) is 11.2 Å². The Labute approximate surface area is 166 Å². The van der Waals surface area contributed by atoms with Gasteiger partial charge in [-0.05, 0) is 49.9 Å². The second-order valence-corrected chi connectivity index (χ2v) is 7.63. The number of methoxy groups -OCH3 is 1. The fraction of sp³-hybridized carbons (Fsp3) is 0.500. The minimum atomic E-state index is 0.205. The Morgan fingerprint density at radius 1 is 1.18 bits per heavy atom. The van der Waals surface area contributed by atoms with Gasteiger partial charge in [0.2, 0.25) is 11.8 Å². The van der Waals surface area contributed by atoms with Crippen LogP contribution in [0.4, 0.5) is 5.82 Å². The van der Waals surface area contributed by atoms with E-state index in [0.717, 1.165) is 63.4 Å². The Kier molecular flexibility index (Phi) is 5.86. The van der Waals surface area contributed by atoms with Gasteiger partial charge in [0.15, 0.2) is 0 Å². The zero-order chi connectivity index (χ0) is 19.3. The molecule has 1 amide bonds. The Hall–Kier alpha value is -2.47. The van der Waals surface area contributed by atoms with Crippen molar-refractivity contribution in [3.05, 3.63) is 47.8 Å². The van der Waals surface area contributed by atoms with Crippen molar-refractivity contribution >= 4 is 11.7 Å². The highest BCUT2D eigenvalue weighted by molar-refractivity contribution is 5.93. The summed E-state index contributed by atoms with van der Waals surface area (Å²) >= 11 is 0. The summed E-state index contributed by atoms with van der Waals surface area (Å²) in [6, 6.07) is 10.1. The third kappa shape index (κ3) is 4.17. The Morgan fingerprint density at radius 3 is 2.96 bits per heavy atom. The van der Waals surface area contributed by atoms with E-state index in [1.165, 1.54) is 5.56 Å². The fourth-order valence-electron chi connectivity index (χ4n) is 4.23. The van der Waals surface area contributed by atoms with Crippen LogP contribution < -0.4 is 9.64 Å². The van der Waals surface area contributed by atoms with Crippen LogP contribution in [0.1, 0.15) is 42.9 Å². The van der Waals surface area contributed by atoms with Crippen molar-refractivity contribution in [3.8, 4) is 5.88 Å². The molecule has 0 N–H and O–H groups in total. The molecule has 0 spiro atoms.